The molecule has 1 heterocycles. The van der Waals surface area contributed by atoms with E-state index in [2.05, 4.69) is 5.32 Å². The van der Waals surface area contributed by atoms with E-state index >= 15 is 0 Å². The number of halogens is 4. The Bertz CT molecular complexity index is 714. The maximum Gasteiger partial charge on any atom is 0.398 e. The largest absolute Gasteiger partial charge is 0.398 e. The number of carbonyl (C=O) groups is 1. The summed E-state index contributed by atoms with van der Waals surface area (Å²) in [6, 6.07) is 2.94. The first-order valence-electron chi connectivity index (χ1n) is 10.0. The zero-order valence-electron chi connectivity index (χ0n) is 16.5. The first-order chi connectivity index (χ1) is 13.7. The van der Waals surface area contributed by atoms with Crippen LogP contribution in [0.4, 0.5) is 28.0 Å². The fourth-order valence-electron chi connectivity index (χ4n) is 3.86. The minimum Gasteiger partial charge on any atom is -0.366 e. The number of alkyl halides is 3. The highest BCUT2D eigenvalue weighted by atomic mass is 32.2. The van der Waals surface area contributed by atoms with E-state index in [9.17, 15) is 22.4 Å². The third kappa shape index (κ3) is 6.17. The van der Waals surface area contributed by atoms with E-state index in [0.29, 0.717) is 54.1 Å². The fraction of sp³-hybridized carbons (Fsp3) is 0.650. The third-order valence-electron chi connectivity index (χ3n) is 5.48. The van der Waals surface area contributed by atoms with Gasteiger partial charge in [0.1, 0.15) is 5.82 Å². The normalized spacial score (nSPS) is 18.8. The lowest BCUT2D eigenvalue weighted by molar-refractivity contribution is -0.105. The van der Waals surface area contributed by atoms with Crippen LogP contribution in [-0.2, 0) is 0 Å². The molecule has 1 aromatic rings. The summed E-state index contributed by atoms with van der Waals surface area (Å²) in [6.45, 7) is 3.41. The van der Waals surface area contributed by atoms with E-state index in [1.54, 1.807) is 16.7 Å². The van der Waals surface area contributed by atoms with Crippen LogP contribution in [0, 0.1) is 12.7 Å². The highest BCUT2D eigenvalue weighted by Gasteiger charge is 2.29. The molecule has 3 rings (SSSR count). The summed E-state index contributed by atoms with van der Waals surface area (Å²) in [5, 5.41) is 3.09. The Labute approximate surface area is 173 Å². The van der Waals surface area contributed by atoms with Gasteiger partial charge in [-0.3, -0.25) is 0 Å². The van der Waals surface area contributed by atoms with E-state index in [0.717, 1.165) is 25.7 Å². The van der Waals surface area contributed by atoms with Crippen molar-refractivity contribution in [1.29, 1.82) is 0 Å². The number of urea groups is 1. The number of nitrogens with zero attached hydrogens (tertiary/aromatic N) is 2. The molecule has 0 aromatic heterocycles. The lowest BCUT2D eigenvalue weighted by atomic mass is 9.96. The van der Waals surface area contributed by atoms with Crippen LogP contribution in [-0.4, -0.2) is 55.1 Å². The molecule has 9 heteroatoms. The van der Waals surface area contributed by atoms with Crippen molar-refractivity contribution < 1.29 is 22.4 Å². The average molecular weight is 434 g/mol. The molecule has 29 heavy (non-hydrogen) atoms. The molecule has 0 bridgehead atoms. The number of amides is 2. The monoisotopic (exact) mass is 433 g/mol. The second-order valence-corrected chi connectivity index (χ2v) is 8.75. The minimum atomic E-state index is -4.27. The van der Waals surface area contributed by atoms with Crippen molar-refractivity contribution in [2.75, 3.05) is 36.8 Å². The molecule has 2 fully saturated rings. The molecule has 1 aliphatic carbocycles. The van der Waals surface area contributed by atoms with Crippen LogP contribution in [0.2, 0.25) is 0 Å². The van der Waals surface area contributed by atoms with Gasteiger partial charge in [-0.05, 0) is 37.5 Å². The van der Waals surface area contributed by atoms with E-state index in [1.165, 1.54) is 18.6 Å². The molecule has 2 aliphatic rings. The zero-order valence-corrected chi connectivity index (χ0v) is 17.3. The van der Waals surface area contributed by atoms with Crippen molar-refractivity contribution in [3.63, 3.8) is 0 Å². The van der Waals surface area contributed by atoms with Crippen LogP contribution >= 0.6 is 11.8 Å². The summed E-state index contributed by atoms with van der Waals surface area (Å²) in [6.07, 6.45) is 1.25. The average Bonchev–Trinajstić information content (AvgIpc) is 2.67. The molecule has 1 N–H and O–H groups in total. The predicted octanol–water partition coefficient (Wildman–Crippen LogP) is 4.95. The summed E-state index contributed by atoms with van der Waals surface area (Å²) >= 11 is 0.673. The van der Waals surface area contributed by atoms with Gasteiger partial charge in [-0.1, -0.05) is 19.3 Å². The summed E-state index contributed by atoms with van der Waals surface area (Å²) in [5.74, 6) is -1.45. The molecule has 0 unspecified atom stereocenters. The highest BCUT2D eigenvalue weighted by Crippen LogP contribution is 2.34. The van der Waals surface area contributed by atoms with Gasteiger partial charge in [0.25, 0.3) is 0 Å². The number of rotatable bonds is 4. The molecule has 0 radical (unpaired) electrons. The molecule has 0 atom stereocenters. The maximum atomic E-state index is 14.5. The third-order valence-corrected chi connectivity index (χ3v) is 6.70. The van der Waals surface area contributed by atoms with Crippen LogP contribution < -0.4 is 10.2 Å². The standard InChI is InChI=1S/C20H27F4N3OS/c1-14-11-16(21)17(12-18(14)29-13-20(22,23)24)26-7-9-27(10-8-26)19(28)25-15-5-3-2-4-6-15/h11-12,15H,2-10,13H2,1H3,(H,25,28). The van der Waals surface area contributed by atoms with Gasteiger partial charge >= 0.3 is 12.2 Å². The Morgan fingerprint density at radius 3 is 2.41 bits per heavy atom. The van der Waals surface area contributed by atoms with Crippen LogP contribution in [0.25, 0.3) is 0 Å². The van der Waals surface area contributed by atoms with Gasteiger partial charge in [0.05, 0.1) is 11.4 Å². The Kier molecular flexibility index (Phi) is 7.19. The summed E-state index contributed by atoms with van der Waals surface area (Å²) in [4.78, 5) is 16.4. The molecule has 1 saturated carbocycles. The zero-order chi connectivity index (χ0) is 21.0. The van der Waals surface area contributed by atoms with Gasteiger partial charge < -0.3 is 15.1 Å². The maximum absolute atomic E-state index is 14.5. The number of nitrogens with one attached hydrogen (secondary N) is 1. The van der Waals surface area contributed by atoms with Crippen molar-refractivity contribution in [3.8, 4) is 0 Å². The lowest BCUT2D eigenvalue weighted by Crippen LogP contribution is -2.53. The molecule has 0 spiro atoms. The minimum absolute atomic E-state index is 0.0812. The van der Waals surface area contributed by atoms with E-state index in [4.69, 9.17) is 0 Å². The number of thioether (sulfide) groups is 1. The molecule has 2 amide bonds. The number of anilines is 1. The number of aryl methyl sites for hydroxylation is 1. The van der Waals surface area contributed by atoms with Crippen molar-refractivity contribution in [2.24, 2.45) is 0 Å². The van der Waals surface area contributed by atoms with Crippen LogP contribution in [0.15, 0.2) is 17.0 Å². The number of benzene rings is 1. The second-order valence-electron chi connectivity index (χ2n) is 7.73. The Morgan fingerprint density at radius 2 is 1.79 bits per heavy atom. The first-order valence-corrected chi connectivity index (χ1v) is 11.0. The van der Waals surface area contributed by atoms with Gasteiger partial charge in [-0.25, -0.2) is 9.18 Å². The Balaban J connectivity index is 1.59. The summed E-state index contributed by atoms with van der Waals surface area (Å²) < 4.78 is 52.1. The van der Waals surface area contributed by atoms with E-state index < -0.39 is 17.7 Å². The summed E-state index contributed by atoms with van der Waals surface area (Å²) in [7, 11) is 0. The van der Waals surface area contributed by atoms with Gasteiger partial charge in [0.15, 0.2) is 0 Å². The summed E-state index contributed by atoms with van der Waals surface area (Å²) in [5.41, 5.74) is 0.790. The fourth-order valence-corrected chi connectivity index (χ4v) is 4.66. The van der Waals surface area contributed by atoms with E-state index in [1.807, 2.05) is 0 Å². The van der Waals surface area contributed by atoms with Crippen molar-refractivity contribution >= 4 is 23.5 Å². The smallest absolute Gasteiger partial charge is 0.366 e. The molecule has 162 valence electrons. The van der Waals surface area contributed by atoms with Gasteiger partial charge in [-0.15, -0.1) is 11.8 Å². The number of hydrogen-bond donors (Lipinski definition) is 1. The molecule has 1 aliphatic heterocycles. The van der Waals surface area contributed by atoms with Crippen molar-refractivity contribution in [1.82, 2.24) is 10.2 Å². The molecular formula is C20H27F4N3OS. The van der Waals surface area contributed by atoms with Crippen LogP contribution in [0.3, 0.4) is 0 Å². The van der Waals surface area contributed by atoms with Gasteiger partial charge in [0, 0.05) is 37.1 Å². The number of piperazine rings is 1. The van der Waals surface area contributed by atoms with E-state index in [-0.39, 0.29) is 12.1 Å². The second kappa shape index (κ2) is 9.45. The lowest BCUT2D eigenvalue weighted by Gasteiger charge is -2.37. The van der Waals surface area contributed by atoms with Crippen LogP contribution in [0.1, 0.15) is 37.7 Å². The van der Waals surface area contributed by atoms with Crippen LogP contribution in [0.5, 0.6) is 0 Å². The number of carbonyl (C=O) groups excluding carboxylic acids is 1. The SMILES string of the molecule is Cc1cc(F)c(N2CCN(C(=O)NC3CCCCC3)CC2)cc1SCC(F)(F)F. The molecule has 4 nitrogen and oxygen atoms in total. The highest BCUT2D eigenvalue weighted by molar-refractivity contribution is 7.99. The Morgan fingerprint density at radius 1 is 1.14 bits per heavy atom. The quantitative estimate of drug-likeness (QED) is 0.539. The predicted molar refractivity (Wildman–Crippen MR) is 107 cm³/mol. The Hall–Kier alpha value is -1.64. The molecular weight excluding hydrogens is 406 g/mol. The molecule has 1 aromatic carbocycles. The van der Waals surface area contributed by atoms with Crippen molar-refractivity contribution in [2.45, 2.75) is 56.1 Å². The van der Waals surface area contributed by atoms with Crippen molar-refractivity contribution in [3.05, 3.63) is 23.5 Å². The first kappa shape index (κ1) is 22.1. The molecule has 1 saturated heterocycles. The topological polar surface area (TPSA) is 35.6 Å². The number of hydrogen-bond acceptors (Lipinski definition) is 3. The van der Waals surface area contributed by atoms with Gasteiger partial charge in [0.2, 0.25) is 0 Å². The van der Waals surface area contributed by atoms with Gasteiger partial charge in [-0.2, -0.15) is 13.2 Å².